The second-order valence-electron chi connectivity index (χ2n) is 5.81. The molecule has 23 heavy (non-hydrogen) atoms. The SMILES string of the molecule is CC(C)OCc1ccc(C(=O)N[C@H](C)c2cccc(Cl)c2)cc1. The molecule has 0 fully saturated rings. The van der Waals surface area contributed by atoms with Crippen LogP contribution in [0.2, 0.25) is 5.02 Å². The Morgan fingerprint density at radius 1 is 1.13 bits per heavy atom. The molecule has 0 saturated carbocycles. The van der Waals surface area contributed by atoms with Crippen LogP contribution >= 0.6 is 11.6 Å². The maximum atomic E-state index is 12.3. The Morgan fingerprint density at radius 2 is 1.83 bits per heavy atom. The Hall–Kier alpha value is -1.84. The molecular weight excluding hydrogens is 310 g/mol. The number of rotatable bonds is 6. The van der Waals surface area contributed by atoms with Crippen molar-refractivity contribution in [3.8, 4) is 0 Å². The van der Waals surface area contributed by atoms with Crippen molar-refractivity contribution in [1.29, 1.82) is 0 Å². The summed E-state index contributed by atoms with van der Waals surface area (Å²) in [4.78, 5) is 12.3. The number of carbonyl (C=O) groups is 1. The van der Waals surface area contributed by atoms with Gasteiger partial charge in [-0.3, -0.25) is 4.79 Å². The minimum atomic E-state index is -0.106. The van der Waals surface area contributed by atoms with Gasteiger partial charge in [0, 0.05) is 10.6 Å². The molecular formula is C19H22ClNO2. The molecule has 0 unspecified atom stereocenters. The van der Waals surface area contributed by atoms with Crippen molar-refractivity contribution in [2.45, 2.75) is 39.5 Å². The first kappa shape index (κ1) is 17.5. The van der Waals surface area contributed by atoms with Crippen LogP contribution < -0.4 is 5.32 Å². The lowest BCUT2D eigenvalue weighted by atomic mass is 10.1. The molecule has 0 saturated heterocycles. The zero-order chi connectivity index (χ0) is 16.8. The molecule has 0 aliphatic rings. The van der Waals surface area contributed by atoms with Crippen molar-refractivity contribution < 1.29 is 9.53 Å². The van der Waals surface area contributed by atoms with Crippen LogP contribution in [-0.2, 0) is 11.3 Å². The molecule has 2 aromatic carbocycles. The standard InChI is InChI=1S/C19H22ClNO2/c1-13(2)23-12-15-7-9-16(10-8-15)19(22)21-14(3)17-5-4-6-18(20)11-17/h4-11,13-14H,12H2,1-3H3,(H,21,22)/t14-/m1/s1. The van der Waals surface area contributed by atoms with Crippen LogP contribution in [0.3, 0.4) is 0 Å². The van der Waals surface area contributed by atoms with Gasteiger partial charge in [0.15, 0.2) is 0 Å². The quantitative estimate of drug-likeness (QED) is 0.829. The Balaban J connectivity index is 1.97. The van der Waals surface area contributed by atoms with Crippen LogP contribution in [0.4, 0.5) is 0 Å². The highest BCUT2D eigenvalue weighted by atomic mass is 35.5. The monoisotopic (exact) mass is 331 g/mol. The van der Waals surface area contributed by atoms with Crippen molar-refractivity contribution in [3.05, 3.63) is 70.2 Å². The Bertz CT molecular complexity index is 653. The molecule has 0 heterocycles. The van der Waals surface area contributed by atoms with Crippen LogP contribution in [0.15, 0.2) is 48.5 Å². The largest absolute Gasteiger partial charge is 0.374 e. The summed E-state index contributed by atoms with van der Waals surface area (Å²) in [5.74, 6) is -0.103. The van der Waals surface area contributed by atoms with E-state index in [9.17, 15) is 4.79 Å². The van der Waals surface area contributed by atoms with Gasteiger partial charge in [0.25, 0.3) is 5.91 Å². The minimum absolute atomic E-state index is 0.103. The molecule has 0 spiro atoms. The Kier molecular flexibility index (Phi) is 6.20. The van der Waals surface area contributed by atoms with Crippen LogP contribution in [0, 0.1) is 0 Å². The van der Waals surface area contributed by atoms with E-state index < -0.39 is 0 Å². The highest BCUT2D eigenvalue weighted by Gasteiger charge is 2.11. The second-order valence-corrected chi connectivity index (χ2v) is 6.24. The molecule has 1 amide bonds. The zero-order valence-corrected chi connectivity index (χ0v) is 14.4. The number of hydrogen-bond donors (Lipinski definition) is 1. The van der Waals surface area contributed by atoms with E-state index in [0.29, 0.717) is 17.2 Å². The van der Waals surface area contributed by atoms with Crippen molar-refractivity contribution in [1.82, 2.24) is 5.32 Å². The third-order valence-electron chi connectivity index (χ3n) is 3.50. The van der Waals surface area contributed by atoms with Gasteiger partial charge in [-0.1, -0.05) is 35.9 Å². The van der Waals surface area contributed by atoms with Crippen molar-refractivity contribution in [2.24, 2.45) is 0 Å². The van der Waals surface area contributed by atoms with Crippen molar-refractivity contribution in [3.63, 3.8) is 0 Å². The lowest BCUT2D eigenvalue weighted by Crippen LogP contribution is -2.26. The van der Waals surface area contributed by atoms with Gasteiger partial charge in [0.2, 0.25) is 0 Å². The van der Waals surface area contributed by atoms with Gasteiger partial charge in [-0.15, -0.1) is 0 Å². The number of benzene rings is 2. The molecule has 4 heteroatoms. The molecule has 122 valence electrons. The molecule has 0 aliphatic heterocycles. The summed E-state index contributed by atoms with van der Waals surface area (Å²) in [7, 11) is 0. The maximum Gasteiger partial charge on any atom is 0.251 e. The van der Waals surface area contributed by atoms with Crippen LogP contribution in [0.25, 0.3) is 0 Å². The maximum absolute atomic E-state index is 12.3. The van der Waals surface area contributed by atoms with Gasteiger partial charge in [0.1, 0.15) is 0 Å². The highest BCUT2D eigenvalue weighted by molar-refractivity contribution is 6.30. The normalized spacial score (nSPS) is 12.2. The number of hydrogen-bond acceptors (Lipinski definition) is 2. The lowest BCUT2D eigenvalue weighted by Gasteiger charge is -2.15. The minimum Gasteiger partial charge on any atom is -0.374 e. The summed E-state index contributed by atoms with van der Waals surface area (Å²) >= 11 is 5.99. The molecule has 0 aliphatic carbocycles. The Labute approximate surface area is 142 Å². The van der Waals surface area contributed by atoms with E-state index in [4.69, 9.17) is 16.3 Å². The summed E-state index contributed by atoms with van der Waals surface area (Å²) in [5.41, 5.74) is 2.66. The van der Waals surface area contributed by atoms with Crippen molar-refractivity contribution in [2.75, 3.05) is 0 Å². The molecule has 0 aromatic heterocycles. The van der Waals surface area contributed by atoms with E-state index in [1.54, 1.807) is 0 Å². The summed E-state index contributed by atoms with van der Waals surface area (Å²) in [5, 5.41) is 3.65. The average Bonchev–Trinajstić information content (AvgIpc) is 2.53. The molecule has 0 bridgehead atoms. The number of amides is 1. The fourth-order valence-electron chi connectivity index (χ4n) is 2.15. The molecule has 0 radical (unpaired) electrons. The Morgan fingerprint density at radius 3 is 2.43 bits per heavy atom. The van der Waals surface area contributed by atoms with E-state index in [-0.39, 0.29) is 18.1 Å². The fourth-order valence-corrected chi connectivity index (χ4v) is 2.35. The van der Waals surface area contributed by atoms with Crippen molar-refractivity contribution >= 4 is 17.5 Å². The number of nitrogens with one attached hydrogen (secondary N) is 1. The van der Waals surface area contributed by atoms with E-state index in [1.165, 1.54) is 0 Å². The van der Waals surface area contributed by atoms with Gasteiger partial charge < -0.3 is 10.1 Å². The molecule has 2 aromatic rings. The predicted molar refractivity (Wildman–Crippen MR) is 93.7 cm³/mol. The molecule has 2 rings (SSSR count). The van der Waals surface area contributed by atoms with E-state index in [0.717, 1.165) is 11.1 Å². The third-order valence-corrected chi connectivity index (χ3v) is 3.73. The highest BCUT2D eigenvalue weighted by Crippen LogP contribution is 2.18. The van der Waals surface area contributed by atoms with Crippen LogP contribution in [-0.4, -0.2) is 12.0 Å². The van der Waals surface area contributed by atoms with E-state index >= 15 is 0 Å². The topological polar surface area (TPSA) is 38.3 Å². The van der Waals surface area contributed by atoms with E-state index in [1.807, 2.05) is 69.3 Å². The van der Waals surface area contributed by atoms with Gasteiger partial charge in [0.05, 0.1) is 18.8 Å². The summed E-state index contributed by atoms with van der Waals surface area (Å²) < 4.78 is 5.55. The zero-order valence-electron chi connectivity index (χ0n) is 13.7. The lowest BCUT2D eigenvalue weighted by molar-refractivity contribution is 0.0656. The van der Waals surface area contributed by atoms with E-state index in [2.05, 4.69) is 5.32 Å². The summed E-state index contributed by atoms with van der Waals surface area (Å²) in [6.07, 6.45) is 0.191. The molecule has 1 N–H and O–H groups in total. The predicted octanol–water partition coefficient (Wildman–Crippen LogP) is 4.76. The first-order chi connectivity index (χ1) is 11.0. The number of ether oxygens (including phenoxy) is 1. The van der Waals surface area contributed by atoms with Gasteiger partial charge in [-0.25, -0.2) is 0 Å². The summed E-state index contributed by atoms with van der Waals surface area (Å²) in [6, 6.07) is 14.9. The van der Waals surface area contributed by atoms with Gasteiger partial charge in [-0.05, 0) is 56.2 Å². The molecule has 3 nitrogen and oxygen atoms in total. The second kappa shape index (κ2) is 8.14. The van der Waals surface area contributed by atoms with Gasteiger partial charge in [-0.2, -0.15) is 0 Å². The van der Waals surface area contributed by atoms with Crippen LogP contribution in [0.5, 0.6) is 0 Å². The number of carbonyl (C=O) groups excluding carboxylic acids is 1. The summed E-state index contributed by atoms with van der Waals surface area (Å²) in [6.45, 7) is 6.49. The van der Waals surface area contributed by atoms with Crippen LogP contribution in [0.1, 0.15) is 48.3 Å². The fraction of sp³-hybridized carbons (Fsp3) is 0.316. The molecule has 1 atom stereocenters. The van der Waals surface area contributed by atoms with Gasteiger partial charge >= 0.3 is 0 Å². The third kappa shape index (κ3) is 5.38. The smallest absolute Gasteiger partial charge is 0.251 e. The first-order valence-corrected chi connectivity index (χ1v) is 8.10. The number of halogens is 1. The first-order valence-electron chi connectivity index (χ1n) is 7.72. The average molecular weight is 332 g/mol.